The summed E-state index contributed by atoms with van der Waals surface area (Å²) in [6.07, 6.45) is 2.57. The molecule has 0 spiro atoms. The molecule has 1 saturated carbocycles. The number of hydrogen-bond donors (Lipinski definition) is 1. The van der Waals surface area contributed by atoms with Crippen molar-refractivity contribution in [2.75, 3.05) is 0 Å². The van der Waals surface area contributed by atoms with Crippen LogP contribution in [0.15, 0.2) is 24.3 Å². The third-order valence-electron chi connectivity index (χ3n) is 4.45. The minimum absolute atomic E-state index is 0.0405. The molecule has 1 aromatic carbocycles. The SMILES string of the molecule is Cc1ccc(C2NC(C)C(=O)N2C(C)C2CC2)cc1. The monoisotopic (exact) mass is 258 g/mol. The highest BCUT2D eigenvalue weighted by Crippen LogP contribution is 2.39. The smallest absolute Gasteiger partial charge is 0.241 e. The van der Waals surface area contributed by atoms with E-state index in [2.05, 4.69) is 48.3 Å². The highest BCUT2D eigenvalue weighted by molar-refractivity contribution is 5.84. The Kier molecular flexibility index (Phi) is 3.09. The minimum atomic E-state index is -0.0764. The first-order valence-corrected chi connectivity index (χ1v) is 7.22. The first-order chi connectivity index (χ1) is 9.08. The zero-order valence-electron chi connectivity index (χ0n) is 11.9. The Labute approximate surface area is 115 Å². The van der Waals surface area contributed by atoms with Crippen LogP contribution in [0.2, 0.25) is 0 Å². The minimum Gasteiger partial charge on any atom is -0.319 e. The molecular weight excluding hydrogens is 236 g/mol. The van der Waals surface area contributed by atoms with Crippen LogP contribution >= 0.6 is 0 Å². The van der Waals surface area contributed by atoms with Crippen molar-refractivity contribution in [3.05, 3.63) is 35.4 Å². The second-order valence-electron chi connectivity index (χ2n) is 6.03. The van der Waals surface area contributed by atoms with Gasteiger partial charge in [-0.2, -0.15) is 0 Å². The normalized spacial score (nSPS) is 28.8. The van der Waals surface area contributed by atoms with Crippen LogP contribution in [0.1, 0.15) is 44.0 Å². The predicted octanol–water partition coefficient (Wildman–Crippen LogP) is 2.61. The van der Waals surface area contributed by atoms with Gasteiger partial charge in [0.15, 0.2) is 0 Å². The molecule has 1 aliphatic carbocycles. The van der Waals surface area contributed by atoms with Crippen LogP contribution in [-0.2, 0) is 4.79 Å². The van der Waals surface area contributed by atoms with E-state index in [9.17, 15) is 4.79 Å². The van der Waals surface area contributed by atoms with Crippen molar-refractivity contribution in [1.82, 2.24) is 10.2 Å². The lowest BCUT2D eigenvalue weighted by atomic mass is 10.1. The predicted molar refractivity (Wildman–Crippen MR) is 75.5 cm³/mol. The molecular formula is C16H22N2O. The number of carbonyl (C=O) groups excluding carboxylic acids is 1. The number of carbonyl (C=O) groups is 1. The molecule has 102 valence electrons. The van der Waals surface area contributed by atoms with Crippen LogP contribution in [0, 0.1) is 12.8 Å². The molecule has 0 bridgehead atoms. The topological polar surface area (TPSA) is 32.3 Å². The Morgan fingerprint density at radius 1 is 1.26 bits per heavy atom. The molecule has 0 radical (unpaired) electrons. The summed E-state index contributed by atoms with van der Waals surface area (Å²) in [6.45, 7) is 6.24. The second-order valence-corrected chi connectivity index (χ2v) is 6.03. The number of aryl methyl sites for hydroxylation is 1. The molecule has 3 heteroatoms. The number of amides is 1. The third-order valence-corrected chi connectivity index (χ3v) is 4.45. The highest BCUT2D eigenvalue weighted by Gasteiger charge is 2.44. The molecule has 1 aliphatic heterocycles. The van der Waals surface area contributed by atoms with Crippen molar-refractivity contribution in [2.24, 2.45) is 5.92 Å². The number of nitrogens with one attached hydrogen (secondary N) is 1. The molecule has 1 amide bonds. The molecule has 0 aromatic heterocycles. The molecule has 1 saturated heterocycles. The Bertz CT molecular complexity index is 478. The third kappa shape index (κ3) is 2.27. The van der Waals surface area contributed by atoms with Gasteiger partial charge in [-0.3, -0.25) is 10.1 Å². The van der Waals surface area contributed by atoms with E-state index in [1.807, 2.05) is 6.92 Å². The number of nitrogens with zero attached hydrogens (tertiary/aromatic N) is 1. The average Bonchev–Trinajstić information content (AvgIpc) is 3.18. The highest BCUT2D eigenvalue weighted by atomic mass is 16.2. The van der Waals surface area contributed by atoms with Gasteiger partial charge in [-0.25, -0.2) is 0 Å². The Hall–Kier alpha value is -1.35. The van der Waals surface area contributed by atoms with Crippen molar-refractivity contribution in [3.8, 4) is 0 Å². The van der Waals surface area contributed by atoms with E-state index in [4.69, 9.17) is 0 Å². The number of hydrogen-bond acceptors (Lipinski definition) is 2. The first-order valence-electron chi connectivity index (χ1n) is 7.22. The fourth-order valence-electron chi connectivity index (χ4n) is 2.99. The van der Waals surface area contributed by atoms with Crippen molar-refractivity contribution < 1.29 is 4.79 Å². The van der Waals surface area contributed by atoms with Crippen molar-refractivity contribution in [3.63, 3.8) is 0 Å². The number of benzene rings is 1. The lowest BCUT2D eigenvalue weighted by Gasteiger charge is -2.31. The van der Waals surface area contributed by atoms with Gasteiger partial charge in [-0.15, -0.1) is 0 Å². The van der Waals surface area contributed by atoms with E-state index in [1.54, 1.807) is 0 Å². The van der Waals surface area contributed by atoms with E-state index in [0.29, 0.717) is 12.0 Å². The standard InChI is InChI=1S/C16H22N2O/c1-10-4-6-14(7-5-10)15-17-11(2)16(19)18(15)12(3)13-8-9-13/h4-7,11-13,15,17H,8-9H2,1-3H3. The van der Waals surface area contributed by atoms with Gasteiger partial charge in [0.25, 0.3) is 0 Å². The summed E-state index contributed by atoms with van der Waals surface area (Å²) in [6, 6.07) is 8.76. The molecule has 1 heterocycles. The van der Waals surface area contributed by atoms with Crippen LogP contribution < -0.4 is 5.32 Å². The summed E-state index contributed by atoms with van der Waals surface area (Å²) in [5.41, 5.74) is 2.44. The molecule has 2 fully saturated rings. The molecule has 1 N–H and O–H groups in total. The van der Waals surface area contributed by atoms with Gasteiger partial charge in [0.1, 0.15) is 6.17 Å². The van der Waals surface area contributed by atoms with E-state index in [1.165, 1.54) is 24.0 Å². The molecule has 3 rings (SSSR count). The van der Waals surface area contributed by atoms with E-state index >= 15 is 0 Å². The molecule has 2 aliphatic rings. The van der Waals surface area contributed by atoms with Crippen LogP contribution in [0.5, 0.6) is 0 Å². The number of rotatable bonds is 3. The lowest BCUT2D eigenvalue weighted by Crippen LogP contribution is -2.39. The maximum absolute atomic E-state index is 12.4. The Balaban J connectivity index is 1.89. The van der Waals surface area contributed by atoms with Crippen molar-refractivity contribution >= 4 is 5.91 Å². The van der Waals surface area contributed by atoms with E-state index in [-0.39, 0.29) is 18.1 Å². The second kappa shape index (κ2) is 4.64. The first kappa shape index (κ1) is 12.7. The molecule has 3 nitrogen and oxygen atoms in total. The maximum atomic E-state index is 12.4. The van der Waals surface area contributed by atoms with Gasteiger partial charge in [0.2, 0.25) is 5.91 Å². The summed E-state index contributed by atoms with van der Waals surface area (Å²) in [4.78, 5) is 14.5. The van der Waals surface area contributed by atoms with Crippen LogP contribution in [0.4, 0.5) is 0 Å². The molecule has 19 heavy (non-hydrogen) atoms. The van der Waals surface area contributed by atoms with Crippen molar-refractivity contribution in [1.29, 1.82) is 0 Å². The fourth-order valence-corrected chi connectivity index (χ4v) is 2.99. The van der Waals surface area contributed by atoms with E-state index in [0.717, 1.165) is 0 Å². The summed E-state index contributed by atoms with van der Waals surface area (Å²) in [7, 11) is 0. The zero-order valence-corrected chi connectivity index (χ0v) is 11.9. The van der Waals surface area contributed by atoms with E-state index < -0.39 is 0 Å². The Morgan fingerprint density at radius 3 is 2.47 bits per heavy atom. The van der Waals surface area contributed by atoms with Gasteiger partial charge in [-0.1, -0.05) is 29.8 Å². The van der Waals surface area contributed by atoms with Crippen LogP contribution in [0.25, 0.3) is 0 Å². The fraction of sp³-hybridized carbons (Fsp3) is 0.562. The van der Waals surface area contributed by atoms with Crippen molar-refractivity contribution in [2.45, 2.75) is 51.9 Å². The molecule has 3 atom stereocenters. The zero-order chi connectivity index (χ0) is 13.6. The van der Waals surface area contributed by atoms with Gasteiger partial charge < -0.3 is 4.90 Å². The van der Waals surface area contributed by atoms with Crippen LogP contribution in [0.3, 0.4) is 0 Å². The Morgan fingerprint density at radius 2 is 1.89 bits per heavy atom. The van der Waals surface area contributed by atoms with Gasteiger partial charge in [0, 0.05) is 6.04 Å². The van der Waals surface area contributed by atoms with Gasteiger partial charge in [-0.05, 0) is 45.1 Å². The maximum Gasteiger partial charge on any atom is 0.241 e. The average molecular weight is 258 g/mol. The quantitative estimate of drug-likeness (QED) is 0.904. The van der Waals surface area contributed by atoms with Gasteiger partial charge >= 0.3 is 0 Å². The lowest BCUT2D eigenvalue weighted by molar-refractivity contribution is -0.132. The molecule has 1 aromatic rings. The molecule has 3 unspecified atom stereocenters. The summed E-state index contributed by atoms with van der Waals surface area (Å²) < 4.78 is 0. The van der Waals surface area contributed by atoms with Gasteiger partial charge in [0.05, 0.1) is 6.04 Å². The summed E-state index contributed by atoms with van der Waals surface area (Å²) in [5, 5.41) is 3.43. The summed E-state index contributed by atoms with van der Waals surface area (Å²) in [5.74, 6) is 0.939. The summed E-state index contributed by atoms with van der Waals surface area (Å²) >= 11 is 0. The largest absolute Gasteiger partial charge is 0.319 e. The van der Waals surface area contributed by atoms with Crippen LogP contribution in [-0.4, -0.2) is 22.9 Å².